The Labute approximate surface area is 112 Å². The van der Waals surface area contributed by atoms with E-state index in [-0.39, 0.29) is 11.5 Å². The summed E-state index contributed by atoms with van der Waals surface area (Å²) in [6.45, 7) is 4.16. The van der Waals surface area contributed by atoms with E-state index >= 15 is 0 Å². The molecule has 0 saturated heterocycles. The summed E-state index contributed by atoms with van der Waals surface area (Å²) in [5, 5.41) is 13.2. The first kappa shape index (κ1) is 12.2. The molecule has 0 bridgehead atoms. The summed E-state index contributed by atoms with van der Waals surface area (Å²) in [7, 11) is 0. The summed E-state index contributed by atoms with van der Waals surface area (Å²) < 4.78 is 5.30. The van der Waals surface area contributed by atoms with Crippen molar-refractivity contribution in [2.75, 3.05) is 5.32 Å². The zero-order chi connectivity index (χ0) is 13.5. The van der Waals surface area contributed by atoms with Crippen LogP contribution >= 0.6 is 0 Å². The predicted octanol–water partition coefficient (Wildman–Crippen LogP) is 2.91. The Morgan fingerprint density at radius 3 is 2.89 bits per heavy atom. The third kappa shape index (κ3) is 2.12. The minimum atomic E-state index is -0.220. The highest BCUT2D eigenvalue weighted by atomic mass is 16.3. The van der Waals surface area contributed by atoms with Crippen LogP contribution in [0.3, 0.4) is 0 Å². The smallest absolute Gasteiger partial charge is 0.181 e. The summed E-state index contributed by atoms with van der Waals surface area (Å²) in [6.07, 6.45) is 3.71. The molecule has 2 atom stereocenters. The quantitative estimate of drug-likeness (QED) is 0.888. The van der Waals surface area contributed by atoms with Crippen LogP contribution in [0.1, 0.15) is 20.3 Å². The highest BCUT2D eigenvalue weighted by Crippen LogP contribution is 2.42. The molecule has 1 saturated carbocycles. The maximum Gasteiger partial charge on any atom is 0.181 e. The van der Waals surface area contributed by atoms with Gasteiger partial charge in [0.1, 0.15) is 0 Å². The molecule has 100 valence electrons. The molecule has 0 radical (unpaired) electrons. The third-order valence-electron chi connectivity index (χ3n) is 4.14. The number of hydrogen-bond donors (Lipinski definition) is 2. The van der Waals surface area contributed by atoms with Crippen LogP contribution in [0.2, 0.25) is 0 Å². The zero-order valence-electron chi connectivity index (χ0n) is 11.1. The first-order valence-corrected chi connectivity index (χ1v) is 6.51. The lowest BCUT2D eigenvalue weighted by atomic mass is 9.64. The molecule has 4 nitrogen and oxygen atoms in total. The lowest BCUT2D eigenvalue weighted by Gasteiger charge is -2.49. The lowest BCUT2D eigenvalue weighted by molar-refractivity contribution is -0.0510. The van der Waals surface area contributed by atoms with Gasteiger partial charge in [-0.3, -0.25) is 0 Å². The molecule has 19 heavy (non-hydrogen) atoms. The third-order valence-corrected chi connectivity index (χ3v) is 4.14. The van der Waals surface area contributed by atoms with Gasteiger partial charge in [0.15, 0.2) is 12.2 Å². The van der Waals surface area contributed by atoms with E-state index in [0.29, 0.717) is 6.04 Å². The molecule has 1 fully saturated rings. The van der Waals surface area contributed by atoms with Crippen LogP contribution in [-0.2, 0) is 0 Å². The first-order chi connectivity index (χ1) is 9.07. The highest BCUT2D eigenvalue weighted by molar-refractivity contribution is 5.63. The molecule has 0 aliphatic heterocycles. The predicted molar refractivity (Wildman–Crippen MR) is 73.8 cm³/mol. The number of nitrogens with zero attached hydrogens (tertiary/aromatic N) is 1. The topological polar surface area (TPSA) is 58.3 Å². The Kier molecular flexibility index (Phi) is 2.82. The standard InChI is InChI=1S/C15H18N2O2/c1-15(2)13(7-14(15)18)17-11-5-3-4-10(6-11)12-8-16-9-19-12/h3-6,8-9,13-14,17-18H,7H2,1-2H3. The molecule has 4 heteroatoms. The van der Waals surface area contributed by atoms with Gasteiger partial charge in [-0.2, -0.15) is 0 Å². The number of aliphatic hydroxyl groups excluding tert-OH is 1. The highest BCUT2D eigenvalue weighted by Gasteiger charge is 2.47. The van der Waals surface area contributed by atoms with Crippen molar-refractivity contribution in [1.29, 1.82) is 0 Å². The van der Waals surface area contributed by atoms with Gasteiger partial charge in [-0.05, 0) is 18.6 Å². The number of aromatic nitrogens is 1. The second kappa shape index (κ2) is 4.38. The van der Waals surface area contributed by atoms with Gasteiger partial charge in [-0.1, -0.05) is 26.0 Å². The molecule has 2 aromatic rings. The molecular formula is C15H18N2O2. The van der Waals surface area contributed by atoms with Crippen LogP contribution in [-0.4, -0.2) is 22.2 Å². The van der Waals surface area contributed by atoms with E-state index in [0.717, 1.165) is 23.4 Å². The van der Waals surface area contributed by atoms with Crippen molar-refractivity contribution in [2.45, 2.75) is 32.4 Å². The van der Waals surface area contributed by atoms with E-state index in [1.807, 2.05) is 24.3 Å². The summed E-state index contributed by atoms with van der Waals surface area (Å²) >= 11 is 0. The van der Waals surface area contributed by atoms with Crippen LogP contribution in [0.5, 0.6) is 0 Å². The van der Waals surface area contributed by atoms with E-state index in [4.69, 9.17) is 4.42 Å². The molecule has 2 N–H and O–H groups in total. The van der Waals surface area contributed by atoms with Gasteiger partial charge in [0.2, 0.25) is 0 Å². The van der Waals surface area contributed by atoms with E-state index < -0.39 is 0 Å². The van der Waals surface area contributed by atoms with Crippen molar-refractivity contribution in [3.05, 3.63) is 36.9 Å². The Morgan fingerprint density at radius 1 is 1.42 bits per heavy atom. The van der Waals surface area contributed by atoms with Crippen LogP contribution < -0.4 is 5.32 Å². The van der Waals surface area contributed by atoms with E-state index in [9.17, 15) is 5.11 Å². The normalized spacial score (nSPS) is 24.8. The monoisotopic (exact) mass is 258 g/mol. The van der Waals surface area contributed by atoms with Gasteiger partial charge in [0.05, 0.1) is 12.3 Å². The first-order valence-electron chi connectivity index (χ1n) is 6.51. The van der Waals surface area contributed by atoms with Crippen molar-refractivity contribution in [2.24, 2.45) is 5.41 Å². The van der Waals surface area contributed by atoms with E-state index in [1.165, 1.54) is 6.39 Å². The van der Waals surface area contributed by atoms with Gasteiger partial charge >= 0.3 is 0 Å². The minimum Gasteiger partial charge on any atom is -0.444 e. The zero-order valence-corrected chi connectivity index (χ0v) is 11.1. The summed E-state index contributed by atoms with van der Waals surface area (Å²) in [6, 6.07) is 8.35. The molecule has 1 aliphatic rings. The second-order valence-electron chi connectivity index (χ2n) is 5.72. The summed E-state index contributed by atoms with van der Waals surface area (Å²) in [5.74, 6) is 0.761. The number of nitrogens with one attached hydrogen (secondary N) is 1. The maximum atomic E-state index is 9.77. The van der Waals surface area contributed by atoms with Gasteiger partial charge in [-0.15, -0.1) is 0 Å². The Bertz CT molecular complexity index is 563. The molecule has 1 aliphatic carbocycles. The lowest BCUT2D eigenvalue weighted by Crippen LogP contribution is -2.56. The fraction of sp³-hybridized carbons (Fsp3) is 0.400. The second-order valence-corrected chi connectivity index (χ2v) is 5.72. The van der Waals surface area contributed by atoms with E-state index in [2.05, 4.69) is 24.1 Å². The molecule has 0 spiro atoms. The molecule has 1 aromatic carbocycles. The largest absolute Gasteiger partial charge is 0.444 e. The maximum absolute atomic E-state index is 9.77. The van der Waals surface area contributed by atoms with Crippen molar-refractivity contribution >= 4 is 5.69 Å². The SMILES string of the molecule is CC1(C)C(O)CC1Nc1cccc(-c2cnco2)c1. The van der Waals surface area contributed by atoms with Crippen molar-refractivity contribution in [3.63, 3.8) is 0 Å². The molecular weight excluding hydrogens is 240 g/mol. The number of hydrogen-bond acceptors (Lipinski definition) is 4. The number of rotatable bonds is 3. The molecule has 0 amide bonds. The molecule has 3 rings (SSSR count). The minimum absolute atomic E-state index is 0.0811. The van der Waals surface area contributed by atoms with Gasteiger partial charge in [0, 0.05) is 22.7 Å². The van der Waals surface area contributed by atoms with E-state index in [1.54, 1.807) is 6.20 Å². The van der Waals surface area contributed by atoms with Crippen molar-refractivity contribution < 1.29 is 9.52 Å². The van der Waals surface area contributed by atoms with Gasteiger partial charge in [0.25, 0.3) is 0 Å². The Balaban J connectivity index is 1.78. The molecule has 2 unspecified atom stereocenters. The Morgan fingerprint density at radius 2 is 2.26 bits per heavy atom. The number of aliphatic hydroxyl groups is 1. The number of benzene rings is 1. The van der Waals surface area contributed by atoms with Crippen LogP contribution in [0.4, 0.5) is 5.69 Å². The average molecular weight is 258 g/mol. The molecule has 1 heterocycles. The average Bonchev–Trinajstić information content (AvgIpc) is 2.93. The van der Waals surface area contributed by atoms with Crippen LogP contribution in [0.15, 0.2) is 41.3 Å². The van der Waals surface area contributed by atoms with Gasteiger partial charge in [-0.25, -0.2) is 4.98 Å². The molecule has 1 aromatic heterocycles. The van der Waals surface area contributed by atoms with Crippen LogP contribution in [0, 0.1) is 5.41 Å². The number of anilines is 1. The van der Waals surface area contributed by atoms with Crippen molar-refractivity contribution in [1.82, 2.24) is 4.98 Å². The summed E-state index contributed by atoms with van der Waals surface area (Å²) in [4.78, 5) is 3.93. The Hall–Kier alpha value is -1.81. The number of oxazole rings is 1. The summed E-state index contributed by atoms with van der Waals surface area (Å²) in [5.41, 5.74) is 1.96. The fourth-order valence-electron chi connectivity index (χ4n) is 2.47. The van der Waals surface area contributed by atoms with Crippen molar-refractivity contribution in [3.8, 4) is 11.3 Å². The van der Waals surface area contributed by atoms with Crippen LogP contribution in [0.25, 0.3) is 11.3 Å². The fourth-order valence-corrected chi connectivity index (χ4v) is 2.47. The van der Waals surface area contributed by atoms with Gasteiger partial charge < -0.3 is 14.8 Å².